The summed E-state index contributed by atoms with van der Waals surface area (Å²) in [6.07, 6.45) is 2.04. The molecule has 5 heterocycles. The molecule has 2 saturated heterocycles. The predicted octanol–water partition coefficient (Wildman–Crippen LogP) is 2.31. The highest BCUT2D eigenvalue weighted by Crippen LogP contribution is 2.33. The van der Waals surface area contributed by atoms with Crippen LogP contribution in [0.1, 0.15) is 18.7 Å². The summed E-state index contributed by atoms with van der Waals surface area (Å²) < 4.78 is 12.6. The molecule has 8 nitrogen and oxygen atoms in total. The van der Waals surface area contributed by atoms with E-state index in [1.54, 1.807) is 15.9 Å². The van der Waals surface area contributed by atoms with Crippen LogP contribution in [-0.4, -0.2) is 65.9 Å². The van der Waals surface area contributed by atoms with Crippen molar-refractivity contribution in [2.45, 2.75) is 32.0 Å². The zero-order valence-corrected chi connectivity index (χ0v) is 19.4. The van der Waals surface area contributed by atoms with Gasteiger partial charge in [0, 0.05) is 42.1 Å². The molecule has 0 aliphatic carbocycles. The van der Waals surface area contributed by atoms with Crippen molar-refractivity contribution in [3.8, 4) is 10.4 Å². The first kappa shape index (κ1) is 21.7. The summed E-state index contributed by atoms with van der Waals surface area (Å²) in [7, 11) is 0. The number of nitrogens with zero attached hydrogens (tertiary/aromatic N) is 3. The van der Waals surface area contributed by atoms with Crippen molar-refractivity contribution >= 4 is 38.8 Å². The average molecular weight is 475 g/mol. The van der Waals surface area contributed by atoms with E-state index in [1.807, 2.05) is 22.9 Å². The molecule has 3 aromatic heterocycles. The van der Waals surface area contributed by atoms with Gasteiger partial charge in [-0.25, -0.2) is 4.98 Å². The molecule has 32 heavy (non-hydrogen) atoms. The van der Waals surface area contributed by atoms with Crippen LogP contribution in [0.3, 0.4) is 0 Å². The SMILES string of the molecule is O=C(Cn1c(CN2CCOCC2)nc2scc(-c3cccs3)c2c1=O)NC[C@@H]1CCCO1. The van der Waals surface area contributed by atoms with Crippen molar-refractivity contribution in [2.75, 3.05) is 39.5 Å². The Morgan fingerprint density at radius 1 is 1.25 bits per heavy atom. The van der Waals surface area contributed by atoms with Gasteiger partial charge in [-0.1, -0.05) is 6.07 Å². The van der Waals surface area contributed by atoms with Gasteiger partial charge in [0.05, 0.1) is 31.2 Å². The molecule has 10 heteroatoms. The maximum Gasteiger partial charge on any atom is 0.263 e. The summed E-state index contributed by atoms with van der Waals surface area (Å²) in [5, 5.41) is 7.52. The molecule has 3 aromatic rings. The monoisotopic (exact) mass is 474 g/mol. The van der Waals surface area contributed by atoms with Gasteiger partial charge >= 0.3 is 0 Å². The minimum Gasteiger partial charge on any atom is -0.379 e. The number of hydrogen-bond acceptors (Lipinski definition) is 8. The van der Waals surface area contributed by atoms with Crippen molar-refractivity contribution < 1.29 is 14.3 Å². The lowest BCUT2D eigenvalue weighted by molar-refractivity contribution is -0.122. The Labute approximate surface area is 193 Å². The van der Waals surface area contributed by atoms with Crippen LogP contribution in [0.2, 0.25) is 0 Å². The second-order valence-electron chi connectivity index (χ2n) is 8.05. The van der Waals surface area contributed by atoms with Gasteiger partial charge in [-0.15, -0.1) is 22.7 Å². The Kier molecular flexibility index (Phi) is 6.65. The van der Waals surface area contributed by atoms with Crippen molar-refractivity contribution in [1.29, 1.82) is 0 Å². The molecule has 0 aromatic carbocycles. The maximum absolute atomic E-state index is 13.7. The Balaban J connectivity index is 1.47. The molecule has 1 atom stereocenters. The molecule has 2 aliphatic heterocycles. The second kappa shape index (κ2) is 9.80. The Hall–Kier alpha value is -2.11. The highest BCUT2D eigenvalue weighted by Gasteiger charge is 2.22. The van der Waals surface area contributed by atoms with Crippen LogP contribution in [0.15, 0.2) is 27.7 Å². The van der Waals surface area contributed by atoms with Crippen LogP contribution in [0.25, 0.3) is 20.7 Å². The number of ether oxygens (including phenoxy) is 2. The van der Waals surface area contributed by atoms with Gasteiger partial charge in [-0.2, -0.15) is 0 Å². The van der Waals surface area contributed by atoms with Crippen LogP contribution in [0.5, 0.6) is 0 Å². The zero-order valence-electron chi connectivity index (χ0n) is 17.7. The topological polar surface area (TPSA) is 85.7 Å². The summed E-state index contributed by atoms with van der Waals surface area (Å²) in [5.74, 6) is 0.427. The molecule has 1 N–H and O–H groups in total. The fourth-order valence-corrected chi connectivity index (χ4v) is 5.93. The number of carbonyl (C=O) groups excluding carboxylic acids is 1. The van der Waals surface area contributed by atoms with Gasteiger partial charge < -0.3 is 14.8 Å². The number of aromatic nitrogens is 2. The van der Waals surface area contributed by atoms with Gasteiger partial charge in [-0.05, 0) is 24.3 Å². The number of nitrogens with one attached hydrogen (secondary N) is 1. The van der Waals surface area contributed by atoms with Crippen molar-refractivity contribution in [3.05, 3.63) is 39.1 Å². The molecule has 0 radical (unpaired) electrons. The molecule has 1 amide bonds. The molecular formula is C22H26N4O4S2. The van der Waals surface area contributed by atoms with Gasteiger partial charge in [0.25, 0.3) is 5.56 Å². The third-order valence-corrected chi connectivity index (χ3v) is 7.66. The van der Waals surface area contributed by atoms with Gasteiger partial charge in [0.1, 0.15) is 17.2 Å². The Bertz CT molecular complexity index is 1130. The number of amides is 1. The van der Waals surface area contributed by atoms with E-state index in [9.17, 15) is 9.59 Å². The van der Waals surface area contributed by atoms with E-state index in [2.05, 4.69) is 10.2 Å². The summed E-state index contributed by atoms with van der Waals surface area (Å²) in [4.78, 5) is 35.2. The fourth-order valence-electron chi connectivity index (χ4n) is 4.16. The van der Waals surface area contributed by atoms with Gasteiger partial charge in [0.15, 0.2) is 0 Å². The first-order chi connectivity index (χ1) is 15.7. The minimum absolute atomic E-state index is 0.0477. The number of thiophene rings is 2. The number of hydrogen-bond donors (Lipinski definition) is 1. The smallest absolute Gasteiger partial charge is 0.263 e. The molecule has 0 saturated carbocycles. The summed E-state index contributed by atoms with van der Waals surface area (Å²) in [6, 6.07) is 3.98. The molecule has 2 aliphatic rings. The van der Waals surface area contributed by atoms with E-state index in [0.29, 0.717) is 37.5 Å². The highest BCUT2D eigenvalue weighted by molar-refractivity contribution is 7.18. The van der Waals surface area contributed by atoms with Crippen molar-refractivity contribution in [2.24, 2.45) is 0 Å². The van der Waals surface area contributed by atoms with Crippen LogP contribution in [-0.2, 0) is 27.4 Å². The van der Waals surface area contributed by atoms with E-state index in [1.165, 1.54) is 11.3 Å². The molecule has 0 spiro atoms. The summed E-state index contributed by atoms with van der Waals surface area (Å²) in [6.45, 7) is 4.57. The van der Waals surface area contributed by atoms with E-state index in [4.69, 9.17) is 14.5 Å². The van der Waals surface area contributed by atoms with Crippen LogP contribution in [0.4, 0.5) is 0 Å². The summed E-state index contributed by atoms with van der Waals surface area (Å²) in [5.41, 5.74) is 0.735. The second-order valence-corrected chi connectivity index (χ2v) is 9.86. The van der Waals surface area contributed by atoms with E-state index in [-0.39, 0.29) is 24.1 Å². The predicted molar refractivity (Wildman–Crippen MR) is 125 cm³/mol. The molecular weight excluding hydrogens is 448 g/mol. The molecule has 0 bridgehead atoms. The Morgan fingerprint density at radius 3 is 2.88 bits per heavy atom. The largest absolute Gasteiger partial charge is 0.379 e. The van der Waals surface area contributed by atoms with Crippen molar-refractivity contribution in [1.82, 2.24) is 19.8 Å². The number of rotatable bonds is 7. The first-order valence-corrected chi connectivity index (χ1v) is 12.7. The normalized spacial score (nSPS) is 19.6. The number of fused-ring (bicyclic) bond motifs is 1. The third kappa shape index (κ3) is 4.65. The van der Waals surface area contributed by atoms with Crippen LogP contribution < -0.4 is 10.9 Å². The third-order valence-electron chi connectivity index (χ3n) is 5.88. The van der Waals surface area contributed by atoms with Crippen molar-refractivity contribution in [3.63, 3.8) is 0 Å². The highest BCUT2D eigenvalue weighted by atomic mass is 32.1. The van der Waals surface area contributed by atoms with Gasteiger partial charge in [-0.3, -0.25) is 19.1 Å². The van der Waals surface area contributed by atoms with E-state index < -0.39 is 0 Å². The van der Waals surface area contributed by atoms with E-state index in [0.717, 1.165) is 47.8 Å². The van der Waals surface area contributed by atoms with E-state index >= 15 is 0 Å². The molecule has 170 valence electrons. The number of carbonyl (C=O) groups is 1. The zero-order chi connectivity index (χ0) is 21.9. The molecule has 5 rings (SSSR count). The van der Waals surface area contributed by atoms with Crippen LogP contribution >= 0.6 is 22.7 Å². The first-order valence-electron chi connectivity index (χ1n) is 10.9. The average Bonchev–Trinajstić information content (AvgIpc) is 3.57. The van der Waals surface area contributed by atoms with Crippen LogP contribution in [0, 0.1) is 0 Å². The maximum atomic E-state index is 13.7. The quantitative estimate of drug-likeness (QED) is 0.566. The lowest BCUT2D eigenvalue weighted by Crippen LogP contribution is -2.40. The molecule has 2 fully saturated rings. The van der Waals surface area contributed by atoms with Gasteiger partial charge in [0.2, 0.25) is 5.91 Å². The Morgan fingerprint density at radius 2 is 2.12 bits per heavy atom. The standard InChI is InChI=1S/C22H26N4O4S2/c27-19(23-11-15-3-1-7-30-15)13-26-18(12-25-5-8-29-9-6-25)24-21-20(22(26)28)16(14-32-21)17-4-2-10-31-17/h2,4,10,14-15H,1,3,5-9,11-13H2,(H,23,27)/t15-/m0/s1. The number of morpholine rings is 1. The minimum atomic E-state index is -0.195. The molecule has 0 unspecified atom stereocenters. The lowest BCUT2D eigenvalue weighted by atomic mass is 10.2. The fraction of sp³-hybridized carbons (Fsp3) is 0.500. The summed E-state index contributed by atoms with van der Waals surface area (Å²) >= 11 is 3.07. The lowest BCUT2D eigenvalue weighted by Gasteiger charge is -2.27.